The van der Waals surface area contributed by atoms with Gasteiger partial charge in [0, 0.05) is 0 Å². The molecule has 0 fully saturated rings. The summed E-state index contributed by atoms with van der Waals surface area (Å²) in [6.07, 6.45) is 1.44. The number of hydrogen-bond donors (Lipinski definition) is 2. The summed E-state index contributed by atoms with van der Waals surface area (Å²) in [4.78, 5) is 20.3. The van der Waals surface area contributed by atoms with Crippen molar-refractivity contribution in [1.29, 1.82) is 0 Å². The molecule has 0 saturated heterocycles. The molecule has 0 unspecified atom stereocenters. The second-order valence-corrected chi connectivity index (χ2v) is 3.75. The number of tetrazole rings is 1. The molecule has 1 aromatic carbocycles. The highest BCUT2D eigenvalue weighted by molar-refractivity contribution is 5.93. The highest BCUT2D eigenvalue weighted by Crippen LogP contribution is 2.08. The van der Waals surface area contributed by atoms with Crippen LogP contribution in [0.2, 0.25) is 0 Å². The zero-order valence-corrected chi connectivity index (χ0v) is 9.74. The molecule has 2 aromatic heterocycles. The molecule has 0 spiro atoms. The number of nitrogens with one attached hydrogen (secondary N) is 2. The Kier molecular flexibility index (Phi) is 2.81. The Morgan fingerprint density at radius 2 is 2.11 bits per heavy atom. The number of benzene rings is 1. The number of para-hydroxylation sites is 2. The van der Waals surface area contributed by atoms with Crippen LogP contribution in [-0.4, -0.2) is 36.5 Å². The summed E-state index contributed by atoms with van der Waals surface area (Å²) in [5.41, 5.74) is 1.68. The van der Waals surface area contributed by atoms with E-state index in [1.54, 1.807) is 6.07 Å². The number of carbonyl (C=O) groups excluding carboxylic acids is 1. The van der Waals surface area contributed by atoms with Crippen molar-refractivity contribution >= 4 is 16.9 Å². The minimum absolute atomic E-state index is 0.184. The fraction of sp³-hybridized carbons (Fsp3) is 0.0909. The number of H-pyrrole nitrogens is 1. The summed E-state index contributed by atoms with van der Waals surface area (Å²) in [5, 5.41) is 15.8. The molecule has 8 nitrogen and oxygen atoms in total. The van der Waals surface area contributed by atoms with Gasteiger partial charge in [0.05, 0.1) is 23.8 Å². The predicted octanol–water partition coefficient (Wildman–Crippen LogP) is 0.0729. The maximum absolute atomic E-state index is 11.9. The van der Waals surface area contributed by atoms with E-state index < -0.39 is 0 Å². The summed E-state index contributed by atoms with van der Waals surface area (Å²) < 4.78 is 0. The van der Waals surface area contributed by atoms with Gasteiger partial charge in [0.25, 0.3) is 5.91 Å². The molecule has 19 heavy (non-hydrogen) atoms. The summed E-state index contributed by atoms with van der Waals surface area (Å²) in [6.45, 7) is 0.184. The van der Waals surface area contributed by atoms with E-state index in [1.165, 1.54) is 6.20 Å². The lowest BCUT2D eigenvalue weighted by atomic mass is 10.3. The molecule has 0 bridgehead atoms. The van der Waals surface area contributed by atoms with Crippen molar-refractivity contribution in [3.63, 3.8) is 0 Å². The minimum atomic E-state index is -0.331. The van der Waals surface area contributed by atoms with Crippen LogP contribution in [-0.2, 0) is 6.54 Å². The molecule has 2 heterocycles. The van der Waals surface area contributed by atoms with E-state index in [9.17, 15) is 4.79 Å². The molecule has 0 aliphatic carbocycles. The maximum atomic E-state index is 11.9. The van der Waals surface area contributed by atoms with E-state index in [2.05, 4.69) is 35.9 Å². The van der Waals surface area contributed by atoms with Crippen LogP contribution in [0.1, 0.15) is 16.3 Å². The normalized spacial score (nSPS) is 10.5. The van der Waals surface area contributed by atoms with Crippen LogP contribution in [0.5, 0.6) is 0 Å². The molecule has 1 amide bonds. The second kappa shape index (κ2) is 4.77. The first-order valence-corrected chi connectivity index (χ1v) is 5.55. The largest absolute Gasteiger partial charge is 0.343 e. The number of aromatic amines is 1. The van der Waals surface area contributed by atoms with Crippen LogP contribution in [0, 0.1) is 0 Å². The van der Waals surface area contributed by atoms with E-state index in [1.807, 2.05) is 18.2 Å². The molecule has 3 aromatic rings. The van der Waals surface area contributed by atoms with E-state index in [0.29, 0.717) is 11.3 Å². The fourth-order valence-electron chi connectivity index (χ4n) is 1.57. The van der Waals surface area contributed by atoms with Crippen LogP contribution in [0.4, 0.5) is 0 Å². The average Bonchev–Trinajstić information content (AvgIpc) is 2.97. The lowest BCUT2D eigenvalue weighted by molar-refractivity contribution is 0.0945. The van der Waals surface area contributed by atoms with Gasteiger partial charge < -0.3 is 5.32 Å². The Morgan fingerprint density at radius 3 is 2.89 bits per heavy atom. The van der Waals surface area contributed by atoms with Crippen molar-refractivity contribution < 1.29 is 4.79 Å². The molecule has 2 N–H and O–H groups in total. The van der Waals surface area contributed by atoms with Gasteiger partial charge in [-0.05, 0) is 12.1 Å². The standard InChI is InChI=1S/C11H9N7O/c19-11(13-6-10-15-17-18-16-10)9-5-12-7-3-1-2-4-8(7)14-9/h1-5H,6H2,(H,13,19)(H,15,16,17,18). The molecule has 0 radical (unpaired) electrons. The van der Waals surface area contributed by atoms with Crippen molar-refractivity contribution in [2.75, 3.05) is 0 Å². The summed E-state index contributed by atoms with van der Waals surface area (Å²) >= 11 is 0. The first kappa shape index (κ1) is 11.2. The van der Waals surface area contributed by atoms with Crippen molar-refractivity contribution in [1.82, 2.24) is 35.9 Å². The van der Waals surface area contributed by atoms with Crippen LogP contribution >= 0.6 is 0 Å². The van der Waals surface area contributed by atoms with Gasteiger partial charge in [-0.3, -0.25) is 9.78 Å². The van der Waals surface area contributed by atoms with Crippen molar-refractivity contribution in [3.05, 3.63) is 42.0 Å². The van der Waals surface area contributed by atoms with Crippen LogP contribution in [0.15, 0.2) is 30.5 Å². The third kappa shape index (κ3) is 2.37. The number of nitrogens with zero attached hydrogens (tertiary/aromatic N) is 5. The van der Waals surface area contributed by atoms with Crippen LogP contribution < -0.4 is 5.32 Å². The van der Waals surface area contributed by atoms with E-state index >= 15 is 0 Å². The molecule has 8 heteroatoms. The average molecular weight is 255 g/mol. The molecule has 0 saturated carbocycles. The van der Waals surface area contributed by atoms with Gasteiger partial charge in [-0.2, -0.15) is 5.21 Å². The van der Waals surface area contributed by atoms with Gasteiger partial charge in [-0.1, -0.05) is 17.3 Å². The molecule has 3 rings (SSSR count). The quantitative estimate of drug-likeness (QED) is 0.685. The zero-order chi connectivity index (χ0) is 13.1. The van der Waals surface area contributed by atoms with E-state index in [4.69, 9.17) is 0 Å². The van der Waals surface area contributed by atoms with Crippen LogP contribution in [0.3, 0.4) is 0 Å². The molecular formula is C11H9N7O. The second-order valence-electron chi connectivity index (χ2n) is 3.75. The Morgan fingerprint density at radius 1 is 1.26 bits per heavy atom. The molecule has 94 valence electrons. The Labute approximate surface area is 107 Å². The number of hydrogen-bond acceptors (Lipinski definition) is 6. The van der Waals surface area contributed by atoms with Gasteiger partial charge in [-0.15, -0.1) is 10.2 Å². The SMILES string of the molecule is O=C(NCc1nn[nH]n1)c1cnc2ccccc2n1. The molecule has 0 aliphatic heterocycles. The zero-order valence-electron chi connectivity index (χ0n) is 9.74. The molecule has 0 aliphatic rings. The number of carbonyl (C=O) groups is 1. The van der Waals surface area contributed by atoms with Gasteiger partial charge in [0.15, 0.2) is 5.82 Å². The maximum Gasteiger partial charge on any atom is 0.271 e. The highest BCUT2D eigenvalue weighted by atomic mass is 16.1. The summed E-state index contributed by atoms with van der Waals surface area (Å²) in [6, 6.07) is 7.35. The van der Waals surface area contributed by atoms with Crippen LogP contribution in [0.25, 0.3) is 11.0 Å². The number of aromatic nitrogens is 6. The van der Waals surface area contributed by atoms with E-state index in [0.717, 1.165) is 5.52 Å². The van der Waals surface area contributed by atoms with E-state index in [-0.39, 0.29) is 18.1 Å². The highest BCUT2D eigenvalue weighted by Gasteiger charge is 2.09. The lowest BCUT2D eigenvalue weighted by Crippen LogP contribution is -2.24. The summed E-state index contributed by atoms with van der Waals surface area (Å²) in [5.74, 6) is 0.0742. The third-order valence-electron chi connectivity index (χ3n) is 2.48. The first-order valence-electron chi connectivity index (χ1n) is 5.55. The first-order chi connectivity index (χ1) is 9.33. The van der Waals surface area contributed by atoms with Gasteiger partial charge in [0.2, 0.25) is 0 Å². The minimum Gasteiger partial charge on any atom is -0.343 e. The van der Waals surface area contributed by atoms with Gasteiger partial charge in [-0.25, -0.2) is 4.98 Å². The smallest absolute Gasteiger partial charge is 0.271 e. The predicted molar refractivity (Wildman–Crippen MR) is 64.9 cm³/mol. The fourth-order valence-corrected chi connectivity index (χ4v) is 1.57. The lowest BCUT2D eigenvalue weighted by Gasteiger charge is -2.02. The van der Waals surface area contributed by atoms with Crippen molar-refractivity contribution in [2.45, 2.75) is 6.54 Å². The Balaban J connectivity index is 1.77. The third-order valence-corrected chi connectivity index (χ3v) is 2.48. The number of fused-ring (bicyclic) bond motifs is 1. The van der Waals surface area contributed by atoms with Gasteiger partial charge >= 0.3 is 0 Å². The molecule has 0 atom stereocenters. The number of rotatable bonds is 3. The van der Waals surface area contributed by atoms with Crippen molar-refractivity contribution in [2.24, 2.45) is 0 Å². The molecular weight excluding hydrogens is 246 g/mol. The number of amides is 1. The summed E-state index contributed by atoms with van der Waals surface area (Å²) in [7, 11) is 0. The Bertz CT molecular complexity index is 710. The Hall–Kier alpha value is -2.90. The van der Waals surface area contributed by atoms with Gasteiger partial charge in [0.1, 0.15) is 5.69 Å². The van der Waals surface area contributed by atoms with Crippen molar-refractivity contribution in [3.8, 4) is 0 Å². The monoisotopic (exact) mass is 255 g/mol. The topological polar surface area (TPSA) is 109 Å².